The van der Waals surface area contributed by atoms with Gasteiger partial charge in [-0.3, -0.25) is 4.98 Å². The van der Waals surface area contributed by atoms with Gasteiger partial charge in [-0.2, -0.15) is 0 Å². The average Bonchev–Trinajstić information content (AvgIpc) is 2.82. The Balaban J connectivity index is 1.87. The molecule has 0 saturated heterocycles. The molecule has 3 heterocycles. The van der Waals surface area contributed by atoms with E-state index >= 15 is 0 Å². The average molecular weight is 245 g/mol. The van der Waals surface area contributed by atoms with Crippen molar-refractivity contribution in [2.75, 3.05) is 11.4 Å². The Labute approximate surface area is 103 Å². The van der Waals surface area contributed by atoms with Crippen molar-refractivity contribution >= 4 is 11.8 Å². The number of hydrogen-bond acceptors (Lipinski definition) is 5. The molecule has 92 valence electrons. The van der Waals surface area contributed by atoms with Gasteiger partial charge in [0.25, 0.3) is 0 Å². The van der Waals surface area contributed by atoms with E-state index in [1.54, 1.807) is 24.8 Å². The Bertz CT molecular complexity index is 580. The molecule has 7 nitrogen and oxygen atoms in total. The maximum Gasteiger partial charge on any atom is 0.356 e. The number of fused-ring (bicyclic) bond motifs is 1. The van der Waals surface area contributed by atoms with Gasteiger partial charge in [-0.15, -0.1) is 0 Å². The van der Waals surface area contributed by atoms with Crippen LogP contribution in [0, 0.1) is 0 Å². The molecule has 0 bridgehead atoms. The summed E-state index contributed by atoms with van der Waals surface area (Å²) in [6.07, 6.45) is 6.53. The van der Waals surface area contributed by atoms with Crippen LogP contribution in [0.25, 0.3) is 0 Å². The number of rotatable bonds is 2. The summed E-state index contributed by atoms with van der Waals surface area (Å²) in [4.78, 5) is 25.2. The number of aromatic carboxylic acids is 1. The highest BCUT2D eigenvalue weighted by atomic mass is 16.4. The van der Waals surface area contributed by atoms with Gasteiger partial charge >= 0.3 is 5.97 Å². The summed E-state index contributed by atoms with van der Waals surface area (Å²) in [5, 5.41) is 8.91. The molecule has 0 unspecified atom stereocenters. The molecule has 2 aromatic rings. The standard InChI is InChI=1S/C11H11N5O2/c17-11(18)8-6-15-3-4-16(7-10(15)14-8)9-5-12-1-2-13-9/h1-2,5-6H,3-4,7H2,(H,17,18). The molecule has 3 rings (SSSR count). The van der Waals surface area contributed by atoms with Crippen LogP contribution in [0.2, 0.25) is 0 Å². The highest BCUT2D eigenvalue weighted by molar-refractivity contribution is 5.85. The Morgan fingerprint density at radius 3 is 2.94 bits per heavy atom. The van der Waals surface area contributed by atoms with Gasteiger partial charge in [-0.1, -0.05) is 0 Å². The first-order chi connectivity index (χ1) is 8.74. The van der Waals surface area contributed by atoms with Crippen LogP contribution in [-0.2, 0) is 13.1 Å². The number of carbonyl (C=O) groups is 1. The third kappa shape index (κ3) is 1.79. The SMILES string of the molecule is O=C(O)c1cn2c(n1)CN(c1cnccn1)CC2. The van der Waals surface area contributed by atoms with Crippen LogP contribution in [0.5, 0.6) is 0 Å². The number of imidazole rings is 1. The van der Waals surface area contributed by atoms with E-state index in [4.69, 9.17) is 5.11 Å². The van der Waals surface area contributed by atoms with Gasteiger partial charge < -0.3 is 14.6 Å². The molecular weight excluding hydrogens is 234 g/mol. The van der Waals surface area contributed by atoms with Crippen molar-refractivity contribution in [3.05, 3.63) is 36.3 Å². The quantitative estimate of drug-likeness (QED) is 0.824. The molecule has 0 aliphatic carbocycles. The highest BCUT2D eigenvalue weighted by Gasteiger charge is 2.21. The fraction of sp³-hybridized carbons (Fsp3) is 0.273. The predicted molar refractivity (Wildman–Crippen MR) is 62.3 cm³/mol. The summed E-state index contributed by atoms with van der Waals surface area (Å²) in [6.45, 7) is 2.01. The van der Waals surface area contributed by atoms with Crippen LogP contribution in [0.3, 0.4) is 0 Å². The molecule has 2 aromatic heterocycles. The van der Waals surface area contributed by atoms with E-state index in [1.807, 2.05) is 9.47 Å². The lowest BCUT2D eigenvalue weighted by molar-refractivity contribution is 0.0691. The van der Waals surface area contributed by atoms with E-state index in [2.05, 4.69) is 15.0 Å². The van der Waals surface area contributed by atoms with Crippen LogP contribution in [0.4, 0.5) is 5.82 Å². The van der Waals surface area contributed by atoms with Crippen molar-refractivity contribution in [2.45, 2.75) is 13.1 Å². The Morgan fingerprint density at radius 2 is 2.22 bits per heavy atom. The Hall–Kier alpha value is -2.44. The molecular formula is C11H11N5O2. The fourth-order valence-corrected chi connectivity index (χ4v) is 2.01. The highest BCUT2D eigenvalue weighted by Crippen LogP contribution is 2.17. The van der Waals surface area contributed by atoms with Crippen LogP contribution in [-0.4, -0.2) is 37.1 Å². The molecule has 0 aromatic carbocycles. The lowest BCUT2D eigenvalue weighted by Crippen LogP contribution is -2.34. The molecule has 1 N–H and O–H groups in total. The number of carboxylic acid groups (broad SMARTS) is 1. The van der Waals surface area contributed by atoms with E-state index in [9.17, 15) is 4.79 Å². The molecule has 1 aliphatic rings. The van der Waals surface area contributed by atoms with Gasteiger partial charge in [0.15, 0.2) is 5.69 Å². The Morgan fingerprint density at radius 1 is 1.33 bits per heavy atom. The maximum atomic E-state index is 10.9. The lowest BCUT2D eigenvalue weighted by atomic mass is 10.3. The van der Waals surface area contributed by atoms with E-state index in [-0.39, 0.29) is 5.69 Å². The number of nitrogens with zero attached hydrogens (tertiary/aromatic N) is 5. The first kappa shape index (κ1) is 10.7. The minimum atomic E-state index is -0.997. The zero-order chi connectivity index (χ0) is 12.5. The van der Waals surface area contributed by atoms with Crippen LogP contribution < -0.4 is 4.90 Å². The summed E-state index contributed by atoms with van der Waals surface area (Å²) >= 11 is 0. The first-order valence-electron chi connectivity index (χ1n) is 5.54. The largest absolute Gasteiger partial charge is 0.476 e. The number of hydrogen-bond donors (Lipinski definition) is 1. The molecule has 0 saturated carbocycles. The van der Waals surface area contributed by atoms with Gasteiger partial charge in [-0.05, 0) is 0 Å². The van der Waals surface area contributed by atoms with E-state index in [0.717, 1.165) is 18.2 Å². The minimum Gasteiger partial charge on any atom is -0.476 e. The fourth-order valence-electron chi connectivity index (χ4n) is 2.01. The second kappa shape index (κ2) is 4.10. The third-order valence-electron chi connectivity index (χ3n) is 2.89. The van der Waals surface area contributed by atoms with Gasteiger partial charge in [0, 0.05) is 31.7 Å². The van der Waals surface area contributed by atoms with Crippen molar-refractivity contribution in [3.63, 3.8) is 0 Å². The van der Waals surface area contributed by atoms with Crippen molar-refractivity contribution in [2.24, 2.45) is 0 Å². The topological polar surface area (TPSA) is 84.1 Å². The van der Waals surface area contributed by atoms with Crippen LogP contribution >= 0.6 is 0 Å². The van der Waals surface area contributed by atoms with Crippen molar-refractivity contribution in [3.8, 4) is 0 Å². The molecule has 0 radical (unpaired) electrons. The number of aromatic nitrogens is 4. The molecule has 0 spiro atoms. The molecule has 0 fully saturated rings. The maximum absolute atomic E-state index is 10.9. The Kier molecular flexibility index (Phi) is 2.44. The summed E-state index contributed by atoms with van der Waals surface area (Å²) < 4.78 is 1.87. The van der Waals surface area contributed by atoms with Gasteiger partial charge in [0.05, 0.1) is 12.7 Å². The molecule has 0 amide bonds. The molecule has 0 atom stereocenters. The number of anilines is 1. The lowest BCUT2D eigenvalue weighted by Gasteiger charge is -2.28. The van der Waals surface area contributed by atoms with Gasteiger partial charge in [0.2, 0.25) is 0 Å². The zero-order valence-corrected chi connectivity index (χ0v) is 9.52. The van der Waals surface area contributed by atoms with Crippen LogP contribution in [0.15, 0.2) is 24.8 Å². The predicted octanol–water partition coefficient (Wildman–Crippen LogP) is 0.391. The smallest absolute Gasteiger partial charge is 0.356 e. The normalized spacial score (nSPS) is 14.3. The van der Waals surface area contributed by atoms with E-state index in [1.165, 1.54) is 0 Å². The third-order valence-corrected chi connectivity index (χ3v) is 2.89. The van der Waals surface area contributed by atoms with E-state index in [0.29, 0.717) is 13.1 Å². The van der Waals surface area contributed by atoms with Crippen LogP contribution in [0.1, 0.15) is 16.3 Å². The van der Waals surface area contributed by atoms with E-state index < -0.39 is 5.97 Å². The van der Waals surface area contributed by atoms with Crippen molar-refractivity contribution < 1.29 is 9.90 Å². The zero-order valence-electron chi connectivity index (χ0n) is 9.52. The van der Waals surface area contributed by atoms with Crippen molar-refractivity contribution in [1.29, 1.82) is 0 Å². The summed E-state index contributed by atoms with van der Waals surface area (Å²) in [5.74, 6) is 0.524. The monoisotopic (exact) mass is 245 g/mol. The molecule has 18 heavy (non-hydrogen) atoms. The molecule has 7 heteroatoms. The second-order valence-corrected chi connectivity index (χ2v) is 4.03. The molecule has 1 aliphatic heterocycles. The van der Waals surface area contributed by atoms with Gasteiger partial charge in [0.1, 0.15) is 11.6 Å². The van der Waals surface area contributed by atoms with Crippen molar-refractivity contribution in [1.82, 2.24) is 19.5 Å². The first-order valence-corrected chi connectivity index (χ1v) is 5.54. The summed E-state index contributed by atoms with van der Waals surface area (Å²) in [6, 6.07) is 0. The summed E-state index contributed by atoms with van der Waals surface area (Å²) in [5.41, 5.74) is 0.0889. The number of carboxylic acids is 1. The second-order valence-electron chi connectivity index (χ2n) is 4.03. The minimum absolute atomic E-state index is 0.0889. The van der Waals surface area contributed by atoms with Gasteiger partial charge in [-0.25, -0.2) is 14.8 Å². The summed E-state index contributed by atoms with van der Waals surface area (Å²) in [7, 11) is 0.